The quantitative estimate of drug-likeness (QED) is 0.694. The SMILES string of the molecule is CNc1cnc2cc(N3CCOCC3)nc(O[C@H]3CC[C@@H](n4ccnc4)CC3)c2c1. The molecule has 0 bridgehead atoms. The summed E-state index contributed by atoms with van der Waals surface area (Å²) in [6.07, 6.45) is 12.0. The van der Waals surface area contributed by atoms with Crippen molar-refractivity contribution in [1.29, 1.82) is 0 Å². The lowest BCUT2D eigenvalue weighted by atomic mass is 9.93. The summed E-state index contributed by atoms with van der Waals surface area (Å²) in [6, 6.07) is 4.64. The van der Waals surface area contributed by atoms with Gasteiger partial charge in [0.2, 0.25) is 5.88 Å². The van der Waals surface area contributed by atoms with E-state index in [-0.39, 0.29) is 6.10 Å². The van der Waals surface area contributed by atoms with Gasteiger partial charge in [0.15, 0.2) is 0 Å². The van der Waals surface area contributed by atoms with Crippen molar-refractivity contribution in [3.8, 4) is 5.88 Å². The van der Waals surface area contributed by atoms with Gasteiger partial charge in [-0.1, -0.05) is 0 Å². The summed E-state index contributed by atoms with van der Waals surface area (Å²) in [7, 11) is 1.90. The Morgan fingerprint density at radius 3 is 2.70 bits per heavy atom. The number of morpholine rings is 1. The molecule has 0 radical (unpaired) electrons. The molecule has 1 aliphatic heterocycles. The number of anilines is 2. The molecule has 8 nitrogen and oxygen atoms in total. The third-order valence-corrected chi connectivity index (χ3v) is 6.12. The maximum atomic E-state index is 6.50. The van der Waals surface area contributed by atoms with Gasteiger partial charge in [0.1, 0.15) is 11.9 Å². The van der Waals surface area contributed by atoms with Gasteiger partial charge in [0, 0.05) is 44.6 Å². The maximum Gasteiger partial charge on any atom is 0.225 e. The average Bonchev–Trinajstić information content (AvgIpc) is 3.35. The third-order valence-electron chi connectivity index (χ3n) is 6.12. The number of imidazole rings is 1. The summed E-state index contributed by atoms with van der Waals surface area (Å²) in [6.45, 7) is 3.12. The van der Waals surface area contributed by atoms with E-state index >= 15 is 0 Å². The number of hydrogen-bond donors (Lipinski definition) is 1. The van der Waals surface area contributed by atoms with E-state index in [1.807, 2.05) is 25.8 Å². The predicted molar refractivity (Wildman–Crippen MR) is 116 cm³/mol. The zero-order valence-corrected chi connectivity index (χ0v) is 17.3. The summed E-state index contributed by atoms with van der Waals surface area (Å²) < 4.78 is 14.2. The summed E-state index contributed by atoms with van der Waals surface area (Å²) in [5.74, 6) is 1.60. The molecular formula is C22H28N6O2. The molecule has 2 fully saturated rings. The van der Waals surface area contributed by atoms with E-state index in [2.05, 4.69) is 43.1 Å². The van der Waals surface area contributed by atoms with Crippen LogP contribution in [0.2, 0.25) is 0 Å². The van der Waals surface area contributed by atoms with Crippen LogP contribution in [0.15, 0.2) is 37.1 Å². The van der Waals surface area contributed by atoms with Crippen molar-refractivity contribution in [1.82, 2.24) is 19.5 Å². The fraction of sp³-hybridized carbons (Fsp3) is 0.500. The van der Waals surface area contributed by atoms with Crippen molar-refractivity contribution >= 4 is 22.4 Å². The van der Waals surface area contributed by atoms with E-state index in [9.17, 15) is 0 Å². The molecule has 2 aliphatic rings. The number of rotatable bonds is 5. The van der Waals surface area contributed by atoms with Crippen molar-refractivity contribution < 1.29 is 9.47 Å². The second kappa shape index (κ2) is 8.47. The Balaban J connectivity index is 1.40. The van der Waals surface area contributed by atoms with Crippen molar-refractivity contribution in [3.05, 3.63) is 37.1 Å². The Kier molecular flexibility index (Phi) is 5.40. The molecule has 3 aromatic heterocycles. The van der Waals surface area contributed by atoms with Gasteiger partial charge in [0.05, 0.1) is 42.3 Å². The molecule has 4 heterocycles. The molecular weight excluding hydrogens is 380 g/mol. The van der Waals surface area contributed by atoms with Gasteiger partial charge in [-0.3, -0.25) is 4.98 Å². The minimum atomic E-state index is 0.165. The zero-order valence-electron chi connectivity index (χ0n) is 17.3. The average molecular weight is 409 g/mol. The Hall–Kier alpha value is -2.87. The summed E-state index contributed by atoms with van der Waals surface area (Å²) in [5, 5.41) is 4.12. The summed E-state index contributed by atoms with van der Waals surface area (Å²) >= 11 is 0. The normalized spacial score (nSPS) is 22.2. The highest BCUT2D eigenvalue weighted by Gasteiger charge is 2.25. The first-order chi connectivity index (χ1) is 14.8. The Labute approximate surface area is 176 Å². The highest BCUT2D eigenvalue weighted by molar-refractivity contribution is 5.88. The topological polar surface area (TPSA) is 77.3 Å². The predicted octanol–water partition coefficient (Wildman–Crippen LogP) is 3.27. The summed E-state index contributed by atoms with van der Waals surface area (Å²) in [4.78, 5) is 16.0. The Morgan fingerprint density at radius 1 is 1.13 bits per heavy atom. The number of pyridine rings is 2. The van der Waals surface area contributed by atoms with Crippen molar-refractivity contribution in [2.24, 2.45) is 0 Å². The van der Waals surface area contributed by atoms with E-state index in [1.54, 1.807) is 0 Å². The fourth-order valence-corrected chi connectivity index (χ4v) is 4.37. The first kappa shape index (κ1) is 19.1. The Morgan fingerprint density at radius 2 is 1.97 bits per heavy atom. The lowest BCUT2D eigenvalue weighted by Crippen LogP contribution is -2.36. The second-order valence-corrected chi connectivity index (χ2v) is 7.98. The van der Waals surface area contributed by atoms with Gasteiger partial charge in [-0.15, -0.1) is 0 Å². The number of nitrogens with zero attached hydrogens (tertiary/aromatic N) is 5. The van der Waals surface area contributed by atoms with Crippen molar-refractivity contribution in [2.75, 3.05) is 43.6 Å². The standard InChI is InChI=1S/C22H28N6O2/c1-23-16-12-19-20(25-14-16)13-21(27-8-10-29-11-9-27)26-22(19)30-18-4-2-17(3-5-18)28-7-6-24-15-28/h6-7,12-15,17-18,23H,2-5,8-11H2,1H3/t17-,18+. The third kappa shape index (κ3) is 3.92. The highest BCUT2D eigenvalue weighted by atomic mass is 16.5. The van der Waals surface area contributed by atoms with Gasteiger partial charge < -0.3 is 24.3 Å². The van der Waals surface area contributed by atoms with Gasteiger partial charge in [-0.25, -0.2) is 4.98 Å². The van der Waals surface area contributed by atoms with E-state index < -0.39 is 0 Å². The lowest BCUT2D eigenvalue weighted by Gasteiger charge is -2.31. The molecule has 1 saturated heterocycles. The number of aromatic nitrogens is 4. The fourth-order valence-electron chi connectivity index (χ4n) is 4.37. The highest BCUT2D eigenvalue weighted by Crippen LogP contribution is 2.34. The number of fused-ring (bicyclic) bond motifs is 1. The molecule has 30 heavy (non-hydrogen) atoms. The maximum absolute atomic E-state index is 6.50. The van der Waals surface area contributed by atoms with Crippen LogP contribution in [0.3, 0.4) is 0 Å². The van der Waals surface area contributed by atoms with E-state index in [0.717, 1.165) is 74.4 Å². The van der Waals surface area contributed by atoms with E-state index in [4.69, 9.17) is 14.5 Å². The van der Waals surface area contributed by atoms with Crippen molar-refractivity contribution in [2.45, 2.75) is 37.8 Å². The van der Waals surface area contributed by atoms with Gasteiger partial charge in [-0.05, 0) is 31.7 Å². The van der Waals surface area contributed by atoms with Crippen LogP contribution < -0.4 is 15.0 Å². The molecule has 1 saturated carbocycles. The molecule has 0 amide bonds. The smallest absolute Gasteiger partial charge is 0.225 e. The van der Waals surface area contributed by atoms with Crippen LogP contribution in [0.4, 0.5) is 11.5 Å². The molecule has 0 atom stereocenters. The second-order valence-electron chi connectivity index (χ2n) is 7.98. The number of nitrogens with one attached hydrogen (secondary N) is 1. The van der Waals surface area contributed by atoms with Crippen molar-refractivity contribution in [3.63, 3.8) is 0 Å². The molecule has 5 rings (SSSR count). The molecule has 0 aromatic carbocycles. The van der Waals surface area contributed by atoms with Gasteiger partial charge in [-0.2, -0.15) is 4.98 Å². The largest absolute Gasteiger partial charge is 0.474 e. The Bertz CT molecular complexity index is 979. The molecule has 1 aliphatic carbocycles. The van der Waals surface area contributed by atoms with Crippen LogP contribution in [0.1, 0.15) is 31.7 Å². The minimum absolute atomic E-state index is 0.165. The van der Waals surface area contributed by atoms with E-state index in [0.29, 0.717) is 11.9 Å². The molecule has 3 aromatic rings. The number of ether oxygens (including phenoxy) is 2. The first-order valence-corrected chi connectivity index (χ1v) is 10.8. The minimum Gasteiger partial charge on any atom is -0.474 e. The number of hydrogen-bond acceptors (Lipinski definition) is 7. The lowest BCUT2D eigenvalue weighted by molar-refractivity contribution is 0.121. The van der Waals surface area contributed by atoms with Gasteiger partial charge in [0.25, 0.3) is 0 Å². The van der Waals surface area contributed by atoms with Crippen LogP contribution >= 0.6 is 0 Å². The van der Waals surface area contributed by atoms with Gasteiger partial charge >= 0.3 is 0 Å². The van der Waals surface area contributed by atoms with Crippen LogP contribution in [0.5, 0.6) is 5.88 Å². The van der Waals surface area contributed by atoms with Crippen LogP contribution in [0.25, 0.3) is 10.9 Å². The monoisotopic (exact) mass is 408 g/mol. The zero-order chi connectivity index (χ0) is 20.3. The summed E-state index contributed by atoms with van der Waals surface area (Å²) in [5.41, 5.74) is 1.87. The van der Waals surface area contributed by atoms with Crippen LogP contribution in [0, 0.1) is 0 Å². The molecule has 0 spiro atoms. The molecule has 0 unspecified atom stereocenters. The van der Waals surface area contributed by atoms with Crippen LogP contribution in [-0.2, 0) is 4.74 Å². The first-order valence-electron chi connectivity index (χ1n) is 10.8. The van der Waals surface area contributed by atoms with Crippen LogP contribution in [-0.4, -0.2) is 59.0 Å². The molecule has 8 heteroatoms. The van der Waals surface area contributed by atoms with E-state index in [1.165, 1.54) is 0 Å². The molecule has 1 N–H and O–H groups in total. The molecule has 158 valence electrons.